The monoisotopic (exact) mass is 287 g/mol. The van der Waals surface area contributed by atoms with Gasteiger partial charge in [-0.25, -0.2) is 4.79 Å². The second-order valence-corrected chi connectivity index (χ2v) is 4.86. The number of carbonyl (C=O) groups excluding carboxylic acids is 1. The van der Waals surface area contributed by atoms with Crippen LogP contribution in [0.1, 0.15) is 19.4 Å². The maximum atomic E-state index is 12.1. The first kappa shape index (κ1) is 14.5. The maximum absolute atomic E-state index is 12.1. The molecule has 2 rings (SSSR count). The lowest BCUT2D eigenvalue weighted by Crippen LogP contribution is -2.46. The minimum absolute atomic E-state index is 0.0607. The van der Waals surface area contributed by atoms with Gasteiger partial charge in [0.1, 0.15) is 6.07 Å². The highest BCUT2D eigenvalue weighted by atomic mass is 16.6. The number of rotatable bonds is 3. The largest absolute Gasteiger partial charge is 0.460 e. The number of hydrogen-bond acceptors (Lipinski definition) is 6. The number of nitro benzene ring substituents is 1. The summed E-state index contributed by atoms with van der Waals surface area (Å²) in [6.07, 6.45) is 2.50. The van der Waals surface area contributed by atoms with Crippen molar-refractivity contribution in [3.8, 4) is 6.07 Å². The Balaban J connectivity index is 2.37. The van der Waals surface area contributed by atoms with Crippen LogP contribution in [-0.4, -0.2) is 22.5 Å². The van der Waals surface area contributed by atoms with Crippen LogP contribution in [-0.2, 0) is 9.53 Å². The first-order chi connectivity index (χ1) is 9.88. The van der Waals surface area contributed by atoms with Gasteiger partial charge in [0.2, 0.25) is 5.54 Å². The van der Waals surface area contributed by atoms with Crippen molar-refractivity contribution in [3.63, 3.8) is 0 Å². The third kappa shape index (κ3) is 2.69. The molecule has 0 bridgehead atoms. The van der Waals surface area contributed by atoms with E-state index in [4.69, 9.17) is 4.74 Å². The summed E-state index contributed by atoms with van der Waals surface area (Å²) in [6, 6.07) is 6.03. The predicted molar refractivity (Wildman–Crippen MR) is 75.3 cm³/mol. The fourth-order valence-corrected chi connectivity index (χ4v) is 1.92. The highest BCUT2D eigenvalue weighted by molar-refractivity contribution is 5.95. The van der Waals surface area contributed by atoms with Crippen LogP contribution in [0.4, 0.5) is 11.4 Å². The molecule has 7 heteroatoms. The van der Waals surface area contributed by atoms with Gasteiger partial charge in [0.25, 0.3) is 5.69 Å². The molecule has 108 valence electrons. The molecule has 1 aromatic rings. The topological polar surface area (TPSA) is 105 Å². The number of nitro groups is 1. The number of hydrogen-bond donors (Lipinski definition) is 1. The lowest BCUT2D eigenvalue weighted by Gasteiger charge is -2.28. The summed E-state index contributed by atoms with van der Waals surface area (Å²) in [4.78, 5) is 22.3. The molecule has 1 unspecified atom stereocenters. The molecule has 1 aromatic carbocycles. The van der Waals surface area contributed by atoms with Crippen molar-refractivity contribution >= 4 is 23.4 Å². The number of nitrogens with zero attached hydrogens (tertiary/aromatic N) is 2. The van der Waals surface area contributed by atoms with Crippen molar-refractivity contribution in [2.24, 2.45) is 0 Å². The summed E-state index contributed by atoms with van der Waals surface area (Å²) < 4.78 is 5.08. The Morgan fingerprint density at radius 1 is 1.52 bits per heavy atom. The van der Waals surface area contributed by atoms with Gasteiger partial charge >= 0.3 is 5.97 Å². The molecular weight excluding hydrogens is 274 g/mol. The second-order valence-electron chi connectivity index (χ2n) is 4.86. The molecular formula is C14H13N3O4. The van der Waals surface area contributed by atoms with Crippen molar-refractivity contribution in [3.05, 3.63) is 40.0 Å². The van der Waals surface area contributed by atoms with Gasteiger partial charge in [-0.2, -0.15) is 5.26 Å². The molecule has 1 atom stereocenters. The Bertz CT molecular complexity index is 675. The lowest BCUT2D eigenvalue weighted by atomic mass is 9.94. The van der Waals surface area contributed by atoms with Crippen molar-refractivity contribution in [2.45, 2.75) is 25.5 Å². The molecule has 1 N–H and O–H groups in total. The molecule has 0 aliphatic carbocycles. The summed E-state index contributed by atoms with van der Waals surface area (Å²) >= 11 is 0. The van der Waals surface area contributed by atoms with Gasteiger partial charge in [-0.15, -0.1) is 0 Å². The first-order valence-corrected chi connectivity index (χ1v) is 6.26. The normalized spacial score (nSPS) is 19.3. The van der Waals surface area contributed by atoms with Crippen LogP contribution in [0.25, 0.3) is 6.08 Å². The third-order valence-corrected chi connectivity index (χ3v) is 2.93. The smallest absolute Gasteiger partial charge is 0.351 e. The summed E-state index contributed by atoms with van der Waals surface area (Å²) in [6.45, 7) is 3.37. The third-order valence-electron chi connectivity index (χ3n) is 2.93. The molecule has 0 amide bonds. The molecule has 7 nitrogen and oxygen atoms in total. The van der Waals surface area contributed by atoms with Crippen LogP contribution in [0.2, 0.25) is 0 Å². The number of benzene rings is 1. The fourth-order valence-electron chi connectivity index (χ4n) is 1.92. The van der Waals surface area contributed by atoms with Crippen molar-refractivity contribution in [1.82, 2.24) is 0 Å². The molecule has 0 aromatic heterocycles. The number of nitrogens with one attached hydrogen (secondary N) is 1. The Labute approximate surface area is 121 Å². The van der Waals surface area contributed by atoms with Crippen molar-refractivity contribution < 1.29 is 14.5 Å². The van der Waals surface area contributed by atoms with Crippen LogP contribution in [0.5, 0.6) is 0 Å². The number of nitriles is 1. The summed E-state index contributed by atoms with van der Waals surface area (Å²) in [5.74, 6) is -0.708. The molecule has 21 heavy (non-hydrogen) atoms. The van der Waals surface area contributed by atoms with E-state index in [-0.39, 0.29) is 11.8 Å². The van der Waals surface area contributed by atoms with E-state index in [1.54, 1.807) is 13.8 Å². The van der Waals surface area contributed by atoms with E-state index >= 15 is 0 Å². The van der Waals surface area contributed by atoms with E-state index in [2.05, 4.69) is 5.32 Å². The van der Waals surface area contributed by atoms with Gasteiger partial charge < -0.3 is 10.1 Å². The quantitative estimate of drug-likeness (QED) is 0.519. The van der Waals surface area contributed by atoms with Gasteiger partial charge in [-0.1, -0.05) is 6.08 Å². The molecule has 0 saturated heterocycles. The number of fused-ring (bicyclic) bond motifs is 1. The minimum atomic E-state index is -1.62. The first-order valence-electron chi connectivity index (χ1n) is 6.26. The molecule has 0 fully saturated rings. The number of non-ortho nitro benzene ring substituents is 1. The zero-order valence-electron chi connectivity index (χ0n) is 11.5. The maximum Gasteiger partial charge on any atom is 0.351 e. The van der Waals surface area contributed by atoms with Gasteiger partial charge in [0.15, 0.2) is 0 Å². The van der Waals surface area contributed by atoms with Gasteiger partial charge in [-0.3, -0.25) is 10.1 Å². The standard InChI is InChI=1S/C14H13N3O4/c1-9(2)21-13(18)14(8-15)6-5-10-7-11(17(19)20)3-4-12(10)16-14/h3-7,9,16H,1-2H3. The Morgan fingerprint density at radius 2 is 2.24 bits per heavy atom. The highest BCUT2D eigenvalue weighted by Gasteiger charge is 2.41. The van der Waals surface area contributed by atoms with Crippen LogP contribution >= 0.6 is 0 Å². The lowest BCUT2D eigenvalue weighted by molar-refractivity contribution is -0.384. The van der Waals surface area contributed by atoms with Crippen LogP contribution in [0.15, 0.2) is 24.3 Å². The molecule has 1 aliphatic heterocycles. The van der Waals surface area contributed by atoms with Crippen LogP contribution < -0.4 is 5.32 Å². The van der Waals surface area contributed by atoms with E-state index in [0.717, 1.165) is 0 Å². The van der Waals surface area contributed by atoms with E-state index in [0.29, 0.717) is 11.3 Å². The second kappa shape index (κ2) is 5.25. The predicted octanol–water partition coefficient (Wildman–Crippen LogP) is 2.25. The summed E-state index contributed by atoms with van der Waals surface area (Å²) in [5, 5.41) is 22.8. The SMILES string of the molecule is CC(C)OC(=O)C1(C#N)C=Cc2cc([N+](=O)[O-])ccc2N1. The summed E-state index contributed by atoms with van der Waals surface area (Å²) in [5.41, 5.74) is -0.680. The van der Waals surface area contributed by atoms with E-state index < -0.39 is 16.4 Å². The van der Waals surface area contributed by atoms with Crippen LogP contribution in [0, 0.1) is 21.4 Å². The number of carbonyl (C=O) groups is 1. The number of anilines is 1. The average Bonchev–Trinajstić information content (AvgIpc) is 2.45. The van der Waals surface area contributed by atoms with Crippen molar-refractivity contribution in [2.75, 3.05) is 5.32 Å². The highest BCUT2D eigenvalue weighted by Crippen LogP contribution is 2.31. The van der Waals surface area contributed by atoms with E-state index in [1.165, 1.54) is 30.4 Å². The van der Waals surface area contributed by atoms with Gasteiger partial charge in [0, 0.05) is 23.4 Å². The molecule has 0 spiro atoms. The Morgan fingerprint density at radius 3 is 2.81 bits per heavy atom. The van der Waals surface area contributed by atoms with Crippen LogP contribution in [0.3, 0.4) is 0 Å². The number of esters is 1. The van der Waals surface area contributed by atoms with Gasteiger partial charge in [0.05, 0.1) is 11.0 Å². The minimum Gasteiger partial charge on any atom is -0.460 e. The number of ether oxygens (including phenoxy) is 1. The summed E-state index contributed by atoms with van der Waals surface area (Å²) in [7, 11) is 0. The van der Waals surface area contributed by atoms with Crippen molar-refractivity contribution in [1.29, 1.82) is 5.26 Å². The Kier molecular flexibility index (Phi) is 3.63. The Hall–Kier alpha value is -2.88. The molecule has 0 radical (unpaired) electrons. The zero-order chi connectivity index (χ0) is 15.6. The van der Waals surface area contributed by atoms with Gasteiger partial charge in [-0.05, 0) is 26.0 Å². The fraction of sp³-hybridized carbons (Fsp3) is 0.286. The van der Waals surface area contributed by atoms with E-state index in [9.17, 15) is 20.2 Å². The zero-order valence-corrected chi connectivity index (χ0v) is 11.5. The molecule has 1 heterocycles. The average molecular weight is 287 g/mol. The molecule has 1 aliphatic rings. The van der Waals surface area contributed by atoms with E-state index in [1.807, 2.05) is 6.07 Å². The molecule has 0 saturated carbocycles.